The van der Waals surface area contributed by atoms with Crippen LogP contribution < -0.4 is 5.32 Å². The van der Waals surface area contributed by atoms with Crippen molar-refractivity contribution in [2.45, 2.75) is 20.0 Å². The molecule has 1 atom stereocenters. The van der Waals surface area contributed by atoms with Crippen molar-refractivity contribution in [1.82, 2.24) is 15.2 Å². The van der Waals surface area contributed by atoms with E-state index in [1.165, 1.54) is 6.07 Å². The van der Waals surface area contributed by atoms with Gasteiger partial charge in [0, 0.05) is 13.2 Å². The molecule has 2 rings (SSSR count). The number of carboxylic acids is 1. The maximum atomic E-state index is 11.2. The van der Waals surface area contributed by atoms with Gasteiger partial charge in [-0.3, -0.25) is 4.98 Å². The van der Waals surface area contributed by atoms with Crippen LogP contribution in [0.25, 0.3) is 0 Å². The van der Waals surface area contributed by atoms with Crippen molar-refractivity contribution in [3.05, 3.63) is 41.2 Å². The number of hydrogen-bond donors (Lipinski definition) is 3. The monoisotopic (exact) mass is 263 g/mol. The third-order valence-electron chi connectivity index (χ3n) is 3.16. The number of aliphatic hydroxyl groups is 1. The summed E-state index contributed by atoms with van der Waals surface area (Å²) in [6.45, 7) is 3.90. The van der Waals surface area contributed by atoms with Gasteiger partial charge in [0.15, 0.2) is 0 Å². The van der Waals surface area contributed by atoms with Gasteiger partial charge in [-0.1, -0.05) is 13.8 Å². The highest BCUT2D eigenvalue weighted by Gasteiger charge is 2.33. The molecule has 1 aromatic rings. The first-order valence-corrected chi connectivity index (χ1v) is 6.04. The van der Waals surface area contributed by atoms with Crippen molar-refractivity contribution in [2.24, 2.45) is 5.92 Å². The molecule has 6 heteroatoms. The van der Waals surface area contributed by atoms with Crippen LogP contribution in [0.3, 0.4) is 0 Å². The number of carboxylic acid groups (broad SMARTS) is 1. The van der Waals surface area contributed by atoms with Gasteiger partial charge >= 0.3 is 5.97 Å². The zero-order valence-corrected chi connectivity index (χ0v) is 11.1. The quantitative estimate of drug-likeness (QED) is 0.769. The van der Waals surface area contributed by atoms with Crippen molar-refractivity contribution in [3.8, 4) is 0 Å². The van der Waals surface area contributed by atoms with Crippen LogP contribution in [0.2, 0.25) is 0 Å². The first kappa shape index (κ1) is 13.2. The largest absolute Gasteiger partial charge is 0.493 e. The number of nitrogens with zero attached hydrogens (tertiary/aromatic N) is 2. The van der Waals surface area contributed by atoms with E-state index in [1.807, 2.05) is 13.8 Å². The number of nitrogens with one attached hydrogen (secondary N) is 1. The van der Waals surface area contributed by atoms with Gasteiger partial charge in [-0.15, -0.1) is 0 Å². The lowest BCUT2D eigenvalue weighted by Gasteiger charge is -2.22. The van der Waals surface area contributed by atoms with Crippen LogP contribution in [-0.2, 0) is 0 Å². The fraction of sp³-hybridized carbons (Fsp3) is 0.385. The number of allylic oxidation sites excluding steroid dienone is 1. The lowest BCUT2D eigenvalue weighted by molar-refractivity contribution is 0.0691. The minimum Gasteiger partial charge on any atom is -0.493 e. The normalized spacial score (nSPS) is 18.9. The summed E-state index contributed by atoms with van der Waals surface area (Å²) < 4.78 is 0. The number of rotatable bonds is 3. The van der Waals surface area contributed by atoms with E-state index in [-0.39, 0.29) is 17.4 Å². The predicted molar refractivity (Wildman–Crippen MR) is 69.3 cm³/mol. The molecule has 0 bridgehead atoms. The van der Waals surface area contributed by atoms with Crippen molar-refractivity contribution in [3.63, 3.8) is 0 Å². The average molecular weight is 263 g/mol. The SMILES string of the molecule is CC(C)C1=C(O)N(C)C(c2ncccc2C(=O)O)N1. The van der Waals surface area contributed by atoms with Gasteiger partial charge in [-0.2, -0.15) is 0 Å². The van der Waals surface area contributed by atoms with Crippen LogP contribution in [-0.4, -0.2) is 33.1 Å². The van der Waals surface area contributed by atoms with E-state index in [9.17, 15) is 15.0 Å². The number of hydrogen-bond acceptors (Lipinski definition) is 5. The smallest absolute Gasteiger partial charge is 0.337 e. The van der Waals surface area contributed by atoms with Gasteiger partial charge in [0.25, 0.3) is 0 Å². The minimum atomic E-state index is -1.03. The summed E-state index contributed by atoms with van der Waals surface area (Å²) in [5, 5.41) is 22.4. The van der Waals surface area contributed by atoms with E-state index in [2.05, 4.69) is 10.3 Å². The molecule has 1 aliphatic heterocycles. The van der Waals surface area contributed by atoms with Gasteiger partial charge in [-0.25, -0.2) is 4.79 Å². The van der Waals surface area contributed by atoms with Crippen LogP contribution in [0.5, 0.6) is 0 Å². The van der Waals surface area contributed by atoms with Crippen molar-refractivity contribution in [2.75, 3.05) is 7.05 Å². The van der Waals surface area contributed by atoms with Crippen molar-refractivity contribution in [1.29, 1.82) is 0 Å². The summed E-state index contributed by atoms with van der Waals surface area (Å²) >= 11 is 0. The highest BCUT2D eigenvalue weighted by atomic mass is 16.4. The molecule has 0 saturated heterocycles. The summed E-state index contributed by atoms with van der Waals surface area (Å²) in [7, 11) is 1.70. The van der Waals surface area contributed by atoms with E-state index in [0.717, 1.165) is 0 Å². The Morgan fingerprint density at radius 2 is 2.21 bits per heavy atom. The standard InChI is InChI=1S/C13H17N3O3/c1-7(2)9-12(17)16(3)11(15-9)10-8(13(18)19)5-4-6-14-10/h4-7,11,15,17H,1-3H3,(H,18,19). The maximum absolute atomic E-state index is 11.2. The molecule has 1 aromatic heterocycles. The number of aliphatic hydroxyl groups excluding tert-OH is 1. The second kappa shape index (κ2) is 4.79. The summed E-state index contributed by atoms with van der Waals surface area (Å²) in [6.07, 6.45) is 1.08. The summed E-state index contributed by atoms with van der Waals surface area (Å²) in [5.74, 6) is -0.790. The Hall–Kier alpha value is -2.24. The number of pyridine rings is 1. The van der Waals surface area contributed by atoms with Crippen LogP contribution in [0.15, 0.2) is 29.9 Å². The van der Waals surface area contributed by atoms with Crippen LogP contribution in [0.1, 0.15) is 36.1 Å². The Kier molecular flexibility index (Phi) is 3.33. The molecule has 0 saturated carbocycles. The Labute approximate surface area is 111 Å². The van der Waals surface area contributed by atoms with Gasteiger partial charge < -0.3 is 20.4 Å². The lowest BCUT2D eigenvalue weighted by atomic mass is 10.1. The molecule has 1 unspecified atom stereocenters. The first-order valence-electron chi connectivity index (χ1n) is 6.04. The average Bonchev–Trinajstić information content (AvgIpc) is 2.66. The zero-order valence-electron chi connectivity index (χ0n) is 11.1. The maximum Gasteiger partial charge on any atom is 0.337 e. The number of aromatic nitrogens is 1. The molecule has 0 spiro atoms. The van der Waals surface area contributed by atoms with Crippen LogP contribution in [0, 0.1) is 5.92 Å². The molecule has 0 aliphatic carbocycles. The van der Waals surface area contributed by atoms with E-state index < -0.39 is 12.1 Å². The molecule has 19 heavy (non-hydrogen) atoms. The number of aromatic carboxylic acids is 1. The molecular formula is C13H17N3O3. The molecular weight excluding hydrogens is 246 g/mol. The molecule has 0 radical (unpaired) electrons. The van der Waals surface area contributed by atoms with E-state index in [4.69, 9.17) is 0 Å². The minimum absolute atomic E-state index is 0.115. The Morgan fingerprint density at radius 1 is 1.53 bits per heavy atom. The van der Waals surface area contributed by atoms with E-state index >= 15 is 0 Å². The highest BCUT2D eigenvalue weighted by molar-refractivity contribution is 5.89. The molecule has 0 aromatic carbocycles. The van der Waals surface area contributed by atoms with Gasteiger partial charge in [0.2, 0.25) is 5.88 Å². The Bertz CT molecular complexity index is 540. The summed E-state index contributed by atoms with van der Waals surface area (Å²) in [4.78, 5) is 16.9. The molecule has 6 nitrogen and oxygen atoms in total. The molecule has 102 valence electrons. The molecule has 0 fully saturated rings. The Balaban J connectivity index is 2.39. The third kappa shape index (κ3) is 2.21. The third-order valence-corrected chi connectivity index (χ3v) is 3.16. The van der Waals surface area contributed by atoms with Gasteiger partial charge in [0.05, 0.1) is 17.0 Å². The summed E-state index contributed by atoms with van der Waals surface area (Å²) in [5.41, 5.74) is 1.21. The second-order valence-corrected chi connectivity index (χ2v) is 4.79. The summed E-state index contributed by atoms with van der Waals surface area (Å²) in [6, 6.07) is 3.09. The van der Waals surface area contributed by atoms with Gasteiger partial charge in [0.1, 0.15) is 6.17 Å². The number of carbonyl (C=O) groups is 1. The van der Waals surface area contributed by atoms with Crippen molar-refractivity contribution >= 4 is 5.97 Å². The molecule has 0 amide bonds. The Morgan fingerprint density at radius 3 is 2.74 bits per heavy atom. The fourth-order valence-corrected chi connectivity index (χ4v) is 2.11. The van der Waals surface area contributed by atoms with E-state index in [0.29, 0.717) is 11.4 Å². The topological polar surface area (TPSA) is 85.7 Å². The van der Waals surface area contributed by atoms with Gasteiger partial charge in [-0.05, 0) is 18.1 Å². The van der Waals surface area contributed by atoms with E-state index in [1.54, 1.807) is 24.2 Å². The molecule has 2 heterocycles. The first-order chi connectivity index (χ1) is 8.93. The molecule has 3 N–H and O–H groups in total. The highest BCUT2D eigenvalue weighted by Crippen LogP contribution is 2.31. The molecule has 1 aliphatic rings. The van der Waals surface area contributed by atoms with Crippen LogP contribution in [0.4, 0.5) is 0 Å². The predicted octanol–water partition coefficient (Wildman–Crippen LogP) is 1.70. The van der Waals surface area contributed by atoms with Crippen LogP contribution >= 0.6 is 0 Å². The second-order valence-electron chi connectivity index (χ2n) is 4.79. The zero-order chi connectivity index (χ0) is 14.2. The van der Waals surface area contributed by atoms with Crippen molar-refractivity contribution < 1.29 is 15.0 Å². The fourth-order valence-electron chi connectivity index (χ4n) is 2.11. The lowest BCUT2D eigenvalue weighted by Crippen LogP contribution is -2.29.